The van der Waals surface area contributed by atoms with E-state index in [0.29, 0.717) is 18.7 Å². The van der Waals surface area contributed by atoms with E-state index in [9.17, 15) is 9.59 Å². The van der Waals surface area contributed by atoms with E-state index < -0.39 is 5.60 Å². The molecule has 1 saturated heterocycles. The minimum absolute atomic E-state index is 0.00666. The van der Waals surface area contributed by atoms with E-state index >= 15 is 0 Å². The maximum atomic E-state index is 12.3. The van der Waals surface area contributed by atoms with Crippen molar-refractivity contribution in [2.24, 2.45) is 0 Å². The highest BCUT2D eigenvalue weighted by atomic mass is 79.9. The number of piperazine rings is 1. The summed E-state index contributed by atoms with van der Waals surface area (Å²) in [5, 5.41) is -0.225. The zero-order valence-corrected chi connectivity index (χ0v) is 18.9. The molecule has 1 aromatic rings. The average Bonchev–Trinajstić information content (AvgIpc) is 2.53. The Morgan fingerprint density at radius 3 is 2.56 bits per heavy atom. The van der Waals surface area contributed by atoms with Crippen LogP contribution in [0.25, 0.3) is 0 Å². The predicted octanol–water partition coefficient (Wildman–Crippen LogP) is 4.87. The highest BCUT2D eigenvalue weighted by molar-refractivity contribution is 9.10. The van der Waals surface area contributed by atoms with E-state index in [-0.39, 0.29) is 23.3 Å². The first kappa shape index (κ1) is 22.2. The third-order valence-electron chi connectivity index (χ3n) is 4.49. The zero-order valence-electron chi connectivity index (χ0n) is 16.6. The van der Waals surface area contributed by atoms with Crippen molar-refractivity contribution < 1.29 is 14.3 Å². The van der Waals surface area contributed by atoms with Crippen LogP contribution in [0.1, 0.15) is 55.9 Å². The summed E-state index contributed by atoms with van der Waals surface area (Å²) in [7, 11) is 0. The van der Waals surface area contributed by atoms with E-state index in [0.717, 1.165) is 23.1 Å². The van der Waals surface area contributed by atoms with Crippen molar-refractivity contribution in [1.82, 2.24) is 9.80 Å². The fourth-order valence-corrected chi connectivity index (χ4v) is 3.99. The van der Waals surface area contributed by atoms with E-state index in [2.05, 4.69) is 20.8 Å². The smallest absolute Gasteiger partial charge is 0.410 e. The van der Waals surface area contributed by atoms with Gasteiger partial charge in [0.05, 0.1) is 5.38 Å². The van der Waals surface area contributed by atoms with Gasteiger partial charge in [-0.05, 0) is 52.3 Å². The maximum absolute atomic E-state index is 12.3. The molecule has 0 aliphatic carbocycles. The van der Waals surface area contributed by atoms with Crippen molar-refractivity contribution in [3.8, 4) is 0 Å². The molecular weight excluding hydrogens is 432 g/mol. The molecule has 1 fully saturated rings. The molecule has 2 atom stereocenters. The van der Waals surface area contributed by atoms with Gasteiger partial charge in [-0.3, -0.25) is 9.69 Å². The number of hydrogen-bond acceptors (Lipinski definition) is 4. The molecule has 0 aromatic heterocycles. The van der Waals surface area contributed by atoms with Gasteiger partial charge in [0.2, 0.25) is 0 Å². The van der Waals surface area contributed by atoms with Crippen LogP contribution in [0.5, 0.6) is 0 Å². The number of nitrogens with zero attached hydrogens (tertiary/aromatic N) is 2. The second kappa shape index (κ2) is 8.93. The second-order valence-corrected chi connectivity index (χ2v) is 9.43. The topological polar surface area (TPSA) is 49.9 Å². The van der Waals surface area contributed by atoms with E-state index in [4.69, 9.17) is 16.3 Å². The third kappa shape index (κ3) is 6.19. The Morgan fingerprint density at radius 2 is 2.00 bits per heavy atom. The van der Waals surface area contributed by atoms with Gasteiger partial charge in [0, 0.05) is 42.3 Å². The average molecular weight is 460 g/mol. The molecule has 2 rings (SSSR count). The van der Waals surface area contributed by atoms with Gasteiger partial charge in [0.25, 0.3) is 0 Å². The van der Waals surface area contributed by atoms with Crippen LogP contribution in [0.4, 0.5) is 4.79 Å². The van der Waals surface area contributed by atoms with Gasteiger partial charge in [0.1, 0.15) is 5.60 Å². The first-order chi connectivity index (χ1) is 12.5. The molecule has 1 aromatic carbocycles. The summed E-state index contributed by atoms with van der Waals surface area (Å²) in [6, 6.07) is 5.71. The molecular formula is C20H28BrClN2O3. The van der Waals surface area contributed by atoms with E-state index in [1.807, 2.05) is 45.9 Å². The van der Waals surface area contributed by atoms with Crippen LogP contribution in [0.3, 0.4) is 0 Å². The number of benzene rings is 1. The summed E-state index contributed by atoms with van der Waals surface area (Å²) in [5.41, 5.74) is 1.07. The molecule has 0 N–H and O–H groups in total. The largest absolute Gasteiger partial charge is 0.444 e. The zero-order chi connectivity index (χ0) is 20.4. The number of ether oxygens (including phenoxy) is 1. The second-order valence-electron chi connectivity index (χ2n) is 8.05. The van der Waals surface area contributed by atoms with Gasteiger partial charge >= 0.3 is 6.09 Å². The number of Topliss-reactive ketones (excluding diaryl/α,β-unsaturated/α-hetero) is 1. The molecule has 0 radical (unpaired) electrons. The van der Waals surface area contributed by atoms with Crippen LogP contribution in [0.2, 0.25) is 0 Å². The molecule has 0 spiro atoms. The molecule has 5 nitrogen and oxygen atoms in total. The van der Waals surface area contributed by atoms with Crippen molar-refractivity contribution in [2.75, 3.05) is 26.2 Å². The van der Waals surface area contributed by atoms with Gasteiger partial charge in [-0.2, -0.15) is 0 Å². The number of amides is 1. The van der Waals surface area contributed by atoms with E-state index in [1.165, 1.54) is 0 Å². The predicted molar refractivity (Wildman–Crippen MR) is 112 cm³/mol. The Bertz CT molecular complexity index is 705. The van der Waals surface area contributed by atoms with Crippen LogP contribution >= 0.6 is 27.5 Å². The number of halogens is 2. The minimum atomic E-state index is -0.495. The molecule has 1 amide bonds. The number of hydrogen-bond donors (Lipinski definition) is 0. The number of alkyl halides is 1. The quantitative estimate of drug-likeness (QED) is 0.476. The van der Waals surface area contributed by atoms with Crippen molar-refractivity contribution in [3.05, 3.63) is 33.8 Å². The van der Waals surface area contributed by atoms with Crippen LogP contribution < -0.4 is 0 Å². The Balaban J connectivity index is 1.97. The van der Waals surface area contributed by atoms with Crippen molar-refractivity contribution in [1.29, 1.82) is 0 Å². The fourth-order valence-electron chi connectivity index (χ4n) is 3.13. The molecule has 1 aliphatic heterocycles. The molecule has 1 unspecified atom stereocenters. The number of ketones is 1. The lowest BCUT2D eigenvalue weighted by Gasteiger charge is -2.40. The molecule has 0 bridgehead atoms. The van der Waals surface area contributed by atoms with Crippen LogP contribution in [-0.4, -0.2) is 59.5 Å². The summed E-state index contributed by atoms with van der Waals surface area (Å²) in [4.78, 5) is 28.1. The lowest BCUT2D eigenvalue weighted by atomic mass is 10.0. The minimum Gasteiger partial charge on any atom is -0.444 e. The van der Waals surface area contributed by atoms with Crippen LogP contribution in [0.15, 0.2) is 22.7 Å². The summed E-state index contributed by atoms with van der Waals surface area (Å²) in [6.45, 7) is 11.9. The van der Waals surface area contributed by atoms with Gasteiger partial charge in [0.15, 0.2) is 5.78 Å². The summed E-state index contributed by atoms with van der Waals surface area (Å²) < 4.78 is 6.27. The maximum Gasteiger partial charge on any atom is 0.410 e. The standard InChI is InChI=1S/C20H28BrClN2O3/c1-13-11-23(8-9-24(13)19(26)27-20(3,4)5)12-18(22)15-6-7-17(21)16(10-15)14(2)25/h6-7,10,13,18H,8-9,11-12H2,1-5H3/t13-,18?/m1/s1. The highest BCUT2D eigenvalue weighted by Gasteiger charge is 2.31. The number of rotatable bonds is 4. The molecule has 150 valence electrons. The summed E-state index contributed by atoms with van der Waals surface area (Å²) in [6.07, 6.45) is -0.268. The SMILES string of the molecule is CC(=O)c1cc(C(Cl)CN2CCN(C(=O)OC(C)(C)C)[C@H](C)C2)ccc1Br. The van der Waals surface area contributed by atoms with Gasteiger partial charge in [-0.1, -0.05) is 22.0 Å². The lowest BCUT2D eigenvalue weighted by molar-refractivity contribution is 0.00150. The van der Waals surface area contributed by atoms with Crippen LogP contribution in [0, 0.1) is 0 Å². The summed E-state index contributed by atoms with van der Waals surface area (Å²) in [5.74, 6) is 0.00666. The third-order valence-corrected chi connectivity index (χ3v) is 5.57. The molecule has 7 heteroatoms. The Morgan fingerprint density at radius 1 is 1.33 bits per heavy atom. The number of carbonyl (C=O) groups is 2. The van der Waals surface area contributed by atoms with Crippen molar-refractivity contribution in [2.45, 2.75) is 51.6 Å². The molecule has 1 heterocycles. The lowest BCUT2D eigenvalue weighted by Crippen LogP contribution is -2.55. The van der Waals surface area contributed by atoms with Crippen molar-refractivity contribution >= 4 is 39.4 Å². The first-order valence-electron chi connectivity index (χ1n) is 9.14. The van der Waals surface area contributed by atoms with Gasteiger partial charge in [-0.25, -0.2) is 4.79 Å². The number of carbonyl (C=O) groups excluding carboxylic acids is 2. The Labute approximate surface area is 175 Å². The van der Waals surface area contributed by atoms with Gasteiger partial charge in [-0.15, -0.1) is 11.6 Å². The Kier molecular flexibility index (Phi) is 7.33. The molecule has 0 saturated carbocycles. The molecule has 1 aliphatic rings. The van der Waals surface area contributed by atoms with Crippen molar-refractivity contribution in [3.63, 3.8) is 0 Å². The van der Waals surface area contributed by atoms with Crippen LogP contribution in [-0.2, 0) is 4.74 Å². The fraction of sp³-hybridized carbons (Fsp3) is 0.600. The molecule has 27 heavy (non-hydrogen) atoms. The normalized spacial score (nSPS) is 19.7. The summed E-state index contributed by atoms with van der Waals surface area (Å²) >= 11 is 10.0. The van der Waals surface area contributed by atoms with E-state index in [1.54, 1.807) is 11.8 Å². The monoisotopic (exact) mass is 458 g/mol. The highest BCUT2D eigenvalue weighted by Crippen LogP contribution is 2.28. The van der Waals surface area contributed by atoms with Gasteiger partial charge < -0.3 is 9.64 Å². The Hall–Kier alpha value is -1.11. The first-order valence-corrected chi connectivity index (χ1v) is 10.4.